The Labute approximate surface area is 327 Å². The van der Waals surface area contributed by atoms with Gasteiger partial charge in [-0.2, -0.15) is 0 Å². The molecule has 0 N–H and O–H groups in total. The summed E-state index contributed by atoms with van der Waals surface area (Å²) in [6, 6.07) is 61.4. The maximum atomic E-state index is 5.67. The summed E-state index contributed by atoms with van der Waals surface area (Å²) in [5.74, 6) is 0.683. The van der Waals surface area contributed by atoms with E-state index in [0.29, 0.717) is 5.95 Å². The van der Waals surface area contributed by atoms with Crippen molar-refractivity contribution >= 4 is 118 Å². The first-order chi connectivity index (χ1) is 27.8. The van der Waals surface area contributed by atoms with E-state index in [1.807, 2.05) is 11.3 Å². The maximum absolute atomic E-state index is 5.67. The van der Waals surface area contributed by atoms with Crippen LogP contribution in [-0.4, -0.2) is 19.1 Å². The number of para-hydroxylation sites is 3. The summed E-state index contributed by atoms with van der Waals surface area (Å²) in [7, 11) is 0. The van der Waals surface area contributed by atoms with Crippen LogP contribution in [0.15, 0.2) is 170 Å². The minimum atomic E-state index is 0.683. The van der Waals surface area contributed by atoms with Crippen molar-refractivity contribution in [3.05, 3.63) is 170 Å². The van der Waals surface area contributed by atoms with Crippen molar-refractivity contribution in [2.75, 3.05) is 0 Å². The highest BCUT2D eigenvalue weighted by Gasteiger charge is 2.25. The van der Waals surface area contributed by atoms with Crippen molar-refractivity contribution in [2.24, 2.45) is 0 Å². The summed E-state index contributed by atoms with van der Waals surface area (Å²) in [4.78, 5) is 12.2. The minimum absolute atomic E-state index is 0.683. The van der Waals surface area contributed by atoms with E-state index in [1.165, 1.54) is 73.6 Å². The van der Waals surface area contributed by atoms with Gasteiger partial charge in [0, 0.05) is 73.8 Å². The van der Waals surface area contributed by atoms with Gasteiger partial charge < -0.3 is 4.57 Å². The fourth-order valence-corrected chi connectivity index (χ4v) is 11.6. The molecule has 0 bridgehead atoms. The minimum Gasteiger partial charge on any atom is -0.309 e. The number of fused-ring (bicyclic) bond motifs is 16. The number of hydrogen-bond acceptors (Lipinski definition) is 4. The summed E-state index contributed by atoms with van der Waals surface area (Å²) in [5.41, 5.74) is 7.77. The lowest BCUT2D eigenvalue weighted by atomic mass is 10.00. The van der Waals surface area contributed by atoms with Gasteiger partial charge in [-0.05, 0) is 53.9 Å². The zero-order valence-corrected chi connectivity index (χ0v) is 31.4. The second-order valence-electron chi connectivity index (χ2n) is 14.5. The van der Waals surface area contributed by atoms with E-state index in [1.54, 1.807) is 11.3 Å². The molecule has 0 atom stereocenters. The summed E-state index contributed by atoms with van der Waals surface area (Å²) in [5, 5.41) is 12.2. The van der Waals surface area contributed by atoms with E-state index in [0.717, 1.165) is 38.2 Å². The number of aromatic nitrogens is 4. The molecule has 0 aliphatic rings. The van der Waals surface area contributed by atoms with E-state index < -0.39 is 0 Å². The van der Waals surface area contributed by atoms with Crippen LogP contribution in [0.25, 0.3) is 118 Å². The average molecular weight is 749 g/mol. The Morgan fingerprint density at radius 1 is 0.393 bits per heavy atom. The Morgan fingerprint density at radius 2 is 0.982 bits per heavy atom. The standard InChI is InChI=1S/C50H28N4S2/c1-2-14-30(15-3-1)53-38-22-10-6-16-31(38)37-28-29(26-27-40(37)53)46-44-36-21-9-13-25-42(36)56-49(44)52-50(51-46)54-39-23-11-7-19-34(39)45-47(54)33-18-5-4-17-32(33)43-35-20-8-12-24-41(35)55-48(43)45/h1-28H. The van der Waals surface area contributed by atoms with E-state index >= 15 is 0 Å². The van der Waals surface area contributed by atoms with Crippen molar-refractivity contribution in [2.45, 2.75) is 0 Å². The first-order valence-corrected chi connectivity index (χ1v) is 20.5. The van der Waals surface area contributed by atoms with Gasteiger partial charge in [0.05, 0.1) is 27.8 Å². The molecule has 6 heteroatoms. The Hall–Kier alpha value is -6.86. The molecule has 0 spiro atoms. The highest BCUT2D eigenvalue weighted by atomic mass is 32.1. The predicted octanol–water partition coefficient (Wildman–Crippen LogP) is 14.2. The van der Waals surface area contributed by atoms with Crippen LogP contribution in [0.3, 0.4) is 0 Å². The van der Waals surface area contributed by atoms with Crippen LogP contribution in [0.5, 0.6) is 0 Å². The fourth-order valence-electron chi connectivity index (χ4n) is 9.23. The predicted molar refractivity (Wildman–Crippen MR) is 239 cm³/mol. The van der Waals surface area contributed by atoms with Crippen LogP contribution in [0, 0.1) is 0 Å². The van der Waals surface area contributed by atoms with E-state index in [4.69, 9.17) is 9.97 Å². The third kappa shape index (κ3) is 4.06. The first-order valence-electron chi connectivity index (χ1n) is 18.8. The average Bonchev–Trinajstić information content (AvgIpc) is 4.01. The van der Waals surface area contributed by atoms with Crippen LogP contribution in [0.2, 0.25) is 0 Å². The van der Waals surface area contributed by atoms with Gasteiger partial charge in [0.1, 0.15) is 4.83 Å². The van der Waals surface area contributed by atoms with Crippen molar-refractivity contribution in [3.63, 3.8) is 0 Å². The Morgan fingerprint density at radius 3 is 1.77 bits per heavy atom. The molecule has 0 saturated heterocycles. The Kier molecular flexibility index (Phi) is 6.17. The van der Waals surface area contributed by atoms with Gasteiger partial charge in [-0.3, -0.25) is 4.57 Å². The van der Waals surface area contributed by atoms with Gasteiger partial charge >= 0.3 is 0 Å². The quantitative estimate of drug-likeness (QED) is 0.180. The summed E-state index contributed by atoms with van der Waals surface area (Å²) in [6.45, 7) is 0. The molecular weight excluding hydrogens is 721 g/mol. The molecular formula is C50H28N4S2. The topological polar surface area (TPSA) is 35.6 Å². The number of nitrogens with zero attached hydrogens (tertiary/aromatic N) is 4. The third-order valence-electron chi connectivity index (χ3n) is 11.5. The Balaban J connectivity index is 1.17. The molecule has 5 heterocycles. The highest BCUT2D eigenvalue weighted by Crippen LogP contribution is 2.48. The van der Waals surface area contributed by atoms with Gasteiger partial charge in [-0.25, -0.2) is 9.97 Å². The van der Waals surface area contributed by atoms with Crippen LogP contribution in [-0.2, 0) is 0 Å². The molecule has 0 amide bonds. The van der Waals surface area contributed by atoms with Gasteiger partial charge in [-0.1, -0.05) is 121 Å². The second kappa shape index (κ2) is 11.3. The number of thiophene rings is 2. The molecule has 0 radical (unpaired) electrons. The van der Waals surface area contributed by atoms with Crippen LogP contribution in [0.1, 0.15) is 0 Å². The molecule has 0 aliphatic heterocycles. The third-order valence-corrected chi connectivity index (χ3v) is 13.8. The van der Waals surface area contributed by atoms with Crippen molar-refractivity contribution in [1.82, 2.24) is 19.1 Å². The summed E-state index contributed by atoms with van der Waals surface area (Å²) < 4.78 is 8.51. The lowest BCUT2D eigenvalue weighted by molar-refractivity contribution is 1.02. The number of hydrogen-bond donors (Lipinski definition) is 0. The highest BCUT2D eigenvalue weighted by molar-refractivity contribution is 7.27. The second-order valence-corrected chi connectivity index (χ2v) is 16.6. The number of rotatable bonds is 3. The van der Waals surface area contributed by atoms with Crippen molar-refractivity contribution < 1.29 is 0 Å². The summed E-state index contributed by atoms with van der Waals surface area (Å²) >= 11 is 3.63. The van der Waals surface area contributed by atoms with Crippen LogP contribution >= 0.6 is 22.7 Å². The molecule has 8 aromatic carbocycles. The van der Waals surface area contributed by atoms with Crippen molar-refractivity contribution in [3.8, 4) is 22.9 Å². The molecule has 0 aliphatic carbocycles. The molecule has 0 unspecified atom stereocenters. The number of benzene rings is 8. The molecule has 4 nitrogen and oxygen atoms in total. The van der Waals surface area contributed by atoms with Crippen LogP contribution < -0.4 is 0 Å². The lowest BCUT2D eigenvalue weighted by Crippen LogP contribution is -2.03. The smallest absolute Gasteiger partial charge is 0.236 e. The first kappa shape index (κ1) is 30.5. The molecule has 0 fully saturated rings. The normalized spacial score (nSPS) is 12.3. The molecule has 0 saturated carbocycles. The summed E-state index contributed by atoms with van der Waals surface area (Å²) in [6.07, 6.45) is 0. The molecule has 5 aromatic heterocycles. The molecule has 260 valence electrons. The zero-order chi connectivity index (χ0) is 36.5. The molecule has 13 aromatic rings. The molecule has 13 rings (SSSR count). The zero-order valence-electron chi connectivity index (χ0n) is 29.8. The van der Waals surface area contributed by atoms with E-state index in [9.17, 15) is 0 Å². The van der Waals surface area contributed by atoms with Gasteiger partial charge in [0.25, 0.3) is 0 Å². The van der Waals surface area contributed by atoms with Gasteiger partial charge in [0.2, 0.25) is 5.95 Å². The van der Waals surface area contributed by atoms with Gasteiger partial charge in [-0.15, -0.1) is 22.7 Å². The van der Waals surface area contributed by atoms with E-state index in [2.05, 4.69) is 179 Å². The van der Waals surface area contributed by atoms with Gasteiger partial charge in [0.15, 0.2) is 0 Å². The molecule has 56 heavy (non-hydrogen) atoms. The fraction of sp³-hybridized carbons (Fsp3) is 0. The van der Waals surface area contributed by atoms with E-state index in [-0.39, 0.29) is 0 Å². The Bertz CT molecular complexity index is 3770. The SMILES string of the molecule is c1ccc(-n2c3ccccc3c3cc(-c4nc(-n5c6ccccc6c6c7sc8ccccc8c7c7ccccc7c65)nc5sc6ccccc6c45)ccc32)cc1. The largest absolute Gasteiger partial charge is 0.309 e. The lowest BCUT2D eigenvalue weighted by Gasteiger charge is -2.12. The maximum Gasteiger partial charge on any atom is 0.236 e. The van der Waals surface area contributed by atoms with Crippen molar-refractivity contribution in [1.29, 1.82) is 0 Å². The monoisotopic (exact) mass is 748 g/mol. The van der Waals surface area contributed by atoms with Crippen LogP contribution in [0.4, 0.5) is 0 Å².